The molecule has 0 fully saturated rings. The normalized spacial score (nSPS) is 12.1. The molecule has 0 spiro atoms. The van der Waals surface area contributed by atoms with Gasteiger partial charge in [-0.15, -0.1) is 11.5 Å². The molecule has 0 amide bonds. The highest BCUT2D eigenvalue weighted by Crippen LogP contribution is 2.40. The molecule has 0 rings (SSSR count). The Bertz CT molecular complexity index is 218. The quantitative estimate of drug-likeness (QED) is 0.342. The molecule has 0 aliphatic carbocycles. The van der Waals surface area contributed by atoms with Gasteiger partial charge in [-0.3, -0.25) is 0 Å². The van der Waals surface area contributed by atoms with Gasteiger partial charge >= 0.3 is 0 Å². The minimum Gasteiger partial charge on any atom is -0.130 e. The van der Waals surface area contributed by atoms with Gasteiger partial charge in [0.1, 0.15) is 8.07 Å². The van der Waals surface area contributed by atoms with Gasteiger partial charge in [-0.25, -0.2) is 0 Å². The Balaban J connectivity index is 4.95. The first-order valence-corrected chi connectivity index (χ1v) is 9.12. The van der Waals surface area contributed by atoms with E-state index in [-0.39, 0.29) is 0 Å². The lowest BCUT2D eigenvalue weighted by molar-refractivity contribution is 0.824. The van der Waals surface area contributed by atoms with Crippen molar-refractivity contribution >= 4 is 8.07 Å². The first kappa shape index (κ1) is 15.8. The summed E-state index contributed by atoms with van der Waals surface area (Å²) < 4.78 is 0. The Kier molecular flexibility index (Phi) is 7.07. The van der Waals surface area contributed by atoms with Crippen LogP contribution < -0.4 is 0 Å². The zero-order valence-corrected chi connectivity index (χ0v) is 13.4. The first-order valence-electron chi connectivity index (χ1n) is 6.89. The molecule has 94 valence electrons. The fraction of sp³-hybridized carbons (Fsp3) is 0.867. The van der Waals surface area contributed by atoms with Crippen LogP contribution >= 0.6 is 0 Å². The third kappa shape index (κ3) is 3.66. The molecule has 0 nitrogen and oxygen atoms in total. The topological polar surface area (TPSA) is 0 Å². The van der Waals surface area contributed by atoms with Crippen molar-refractivity contribution in [1.29, 1.82) is 0 Å². The van der Waals surface area contributed by atoms with E-state index in [1.54, 1.807) is 0 Å². The van der Waals surface area contributed by atoms with Crippen LogP contribution in [0.25, 0.3) is 0 Å². The second kappa shape index (κ2) is 7.17. The van der Waals surface area contributed by atoms with Crippen LogP contribution in [0.3, 0.4) is 0 Å². The van der Waals surface area contributed by atoms with E-state index in [4.69, 9.17) is 0 Å². The second-order valence-electron chi connectivity index (χ2n) is 5.80. The smallest absolute Gasteiger partial charge is 0.130 e. The van der Waals surface area contributed by atoms with Crippen LogP contribution in [0.1, 0.15) is 67.7 Å². The Morgan fingerprint density at radius 2 is 1.31 bits per heavy atom. The molecule has 1 heteroatoms. The SMILES string of the molecule is CCCCC#C[Si](C(C)C)(C(C)C)C(C)C. The second-order valence-corrected chi connectivity index (χ2v) is 11.4. The Labute approximate surface area is 104 Å². The number of rotatable bonds is 5. The summed E-state index contributed by atoms with van der Waals surface area (Å²) in [5.74, 6) is 3.48. The summed E-state index contributed by atoms with van der Waals surface area (Å²) in [6.07, 6.45) is 3.61. The fourth-order valence-corrected chi connectivity index (χ4v) is 8.21. The third-order valence-corrected chi connectivity index (χ3v) is 10.2. The summed E-state index contributed by atoms with van der Waals surface area (Å²) in [4.78, 5) is 0. The molecule has 0 atom stereocenters. The standard InChI is InChI=1S/C15H30Si/c1-8-9-10-11-12-16(13(2)3,14(4)5)15(6)7/h13-15H,8-10H2,1-7H3. The van der Waals surface area contributed by atoms with Crippen LogP contribution in [0.4, 0.5) is 0 Å². The summed E-state index contributed by atoms with van der Waals surface area (Å²) in [7, 11) is -1.44. The molecule has 0 radical (unpaired) electrons. The maximum absolute atomic E-state index is 3.76. The van der Waals surface area contributed by atoms with Crippen molar-refractivity contribution < 1.29 is 0 Å². The van der Waals surface area contributed by atoms with E-state index in [1.165, 1.54) is 12.8 Å². The van der Waals surface area contributed by atoms with Gasteiger partial charge in [-0.2, -0.15) is 0 Å². The van der Waals surface area contributed by atoms with Crippen LogP contribution in [0, 0.1) is 11.5 Å². The molecule has 0 aliphatic heterocycles. The lowest BCUT2D eigenvalue weighted by Crippen LogP contribution is -2.43. The van der Waals surface area contributed by atoms with Crippen molar-refractivity contribution in [3.8, 4) is 11.5 Å². The highest BCUT2D eigenvalue weighted by molar-refractivity contribution is 6.90. The Morgan fingerprint density at radius 1 is 0.875 bits per heavy atom. The maximum atomic E-state index is 3.76. The molecule has 0 aromatic rings. The van der Waals surface area contributed by atoms with E-state index in [9.17, 15) is 0 Å². The van der Waals surface area contributed by atoms with E-state index in [1.807, 2.05) is 0 Å². The molecule has 0 aromatic heterocycles. The molecule has 0 bridgehead atoms. The largest absolute Gasteiger partial charge is 0.145 e. The molecule has 0 aliphatic rings. The third-order valence-electron chi connectivity index (χ3n) is 3.83. The van der Waals surface area contributed by atoms with Crippen LogP contribution in [0.2, 0.25) is 16.6 Å². The van der Waals surface area contributed by atoms with Gasteiger partial charge in [0.25, 0.3) is 0 Å². The molecule has 0 saturated carbocycles. The van der Waals surface area contributed by atoms with E-state index < -0.39 is 8.07 Å². The van der Waals surface area contributed by atoms with E-state index in [2.05, 4.69) is 59.9 Å². The maximum Gasteiger partial charge on any atom is 0.145 e. The summed E-state index contributed by atoms with van der Waals surface area (Å²) in [6.45, 7) is 16.5. The summed E-state index contributed by atoms with van der Waals surface area (Å²) in [6, 6.07) is 0. The average molecular weight is 238 g/mol. The van der Waals surface area contributed by atoms with Crippen molar-refractivity contribution in [3.63, 3.8) is 0 Å². The molecular formula is C15H30Si. The molecule has 0 saturated heterocycles. The summed E-state index contributed by atoms with van der Waals surface area (Å²) in [5, 5.41) is 0. The van der Waals surface area contributed by atoms with Gasteiger partial charge in [-0.1, -0.05) is 54.9 Å². The predicted molar refractivity (Wildman–Crippen MR) is 78.3 cm³/mol. The van der Waals surface area contributed by atoms with E-state index in [0.29, 0.717) is 0 Å². The molecule has 16 heavy (non-hydrogen) atoms. The van der Waals surface area contributed by atoms with Crippen LogP contribution in [0.15, 0.2) is 0 Å². The van der Waals surface area contributed by atoms with Gasteiger partial charge in [-0.05, 0) is 23.0 Å². The first-order chi connectivity index (χ1) is 7.39. The van der Waals surface area contributed by atoms with E-state index in [0.717, 1.165) is 23.0 Å². The predicted octanol–water partition coefficient (Wildman–Crippen LogP) is 5.40. The highest BCUT2D eigenvalue weighted by Gasteiger charge is 2.41. The summed E-state index contributed by atoms with van der Waals surface area (Å²) in [5.41, 5.74) is 6.05. The van der Waals surface area contributed by atoms with Gasteiger partial charge in [0.15, 0.2) is 0 Å². The average Bonchev–Trinajstić information content (AvgIpc) is 2.16. The van der Waals surface area contributed by atoms with Gasteiger partial charge in [0, 0.05) is 6.42 Å². The molecular weight excluding hydrogens is 208 g/mol. The zero-order valence-electron chi connectivity index (χ0n) is 12.4. The Hall–Kier alpha value is -0.223. The van der Waals surface area contributed by atoms with Crippen molar-refractivity contribution in [2.45, 2.75) is 84.4 Å². The number of hydrogen-bond donors (Lipinski definition) is 0. The summed E-state index contributed by atoms with van der Waals surface area (Å²) >= 11 is 0. The van der Waals surface area contributed by atoms with Gasteiger partial charge in [0.2, 0.25) is 0 Å². The molecule has 0 unspecified atom stereocenters. The van der Waals surface area contributed by atoms with E-state index >= 15 is 0 Å². The minimum absolute atomic E-state index is 0.765. The lowest BCUT2D eigenvalue weighted by Gasteiger charge is -2.38. The van der Waals surface area contributed by atoms with Crippen LogP contribution in [0.5, 0.6) is 0 Å². The minimum atomic E-state index is -1.44. The monoisotopic (exact) mass is 238 g/mol. The van der Waals surface area contributed by atoms with Crippen LogP contribution in [-0.2, 0) is 0 Å². The zero-order chi connectivity index (χ0) is 12.8. The number of hydrogen-bond acceptors (Lipinski definition) is 0. The number of unbranched alkanes of at least 4 members (excludes halogenated alkanes) is 2. The highest BCUT2D eigenvalue weighted by atomic mass is 28.3. The van der Waals surface area contributed by atoms with Gasteiger partial charge in [0.05, 0.1) is 0 Å². The van der Waals surface area contributed by atoms with Gasteiger partial charge < -0.3 is 0 Å². The fourth-order valence-electron chi connectivity index (χ4n) is 2.91. The van der Waals surface area contributed by atoms with Crippen molar-refractivity contribution in [3.05, 3.63) is 0 Å². The molecule has 0 aromatic carbocycles. The Morgan fingerprint density at radius 3 is 1.62 bits per heavy atom. The van der Waals surface area contributed by atoms with Crippen molar-refractivity contribution in [2.75, 3.05) is 0 Å². The lowest BCUT2D eigenvalue weighted by atomic mass is 10.3. The van der Waals surface area contributed by atoms with Crippen molar-refractivity contribution in [2.24, 2.45) is 0 Å². The van der Waals surface area contributed by atoms with Crippen LogP contribution in [-0.4, -0.2) is 8.07 Å². The molecule has 0 heterocycles. The van der Waals surface area contributed by atoms with Crippen molar-refractivity contribution in [1.82, 2.24) is 0 Å². The molecule has 0 N–H and O–H groups in total.